The first-order valence-corrected chi connectivity index (χ1v) is 5.51. The van der Waals surface area contributed by atoms with Gasteiger partial charge in [0.05, 0.1) is 22.0 Å². The first-order valence-electron chi connectivity index (χ1n) is 3.73. The SMILES string of the molecule is Cc1cc(I)ccc1C(=O)OC[Si]. The van der Waals surface area contributed by atoms with Crippen molar-refractivity contribution in [1.29, 1.82) is 0 Å². The van der Waals surface area contributed by atoms with Crippen molar-refractivity contribution in [2.24, 2.45) is 0 Å². The Morgan fingerprint density at radius 3 is 2.85 bits per heavy atom. The quantitative estimate of drug-likeness (QED) is 0.474. The number of esters is 1. The first kappa shape index (κ1) is 10.7. The van der Waals surface area contributed by atoms with Crippen LogP contribution in [0.2, 0.25) is 0 Å². The highest BCUT2D eigenvalue weighted by atomic mass is 127. The molecule has 1 aromatic carbocycles. The van der Waals surface area contributed by atoms with Crippen molar-refractivity contribution in [1.82, 2.24) is 0 Å². The van der Waals surface area contributed by atoms with E-state index in [2.05, 4.69) is 32.8 Å². The Balaban J connectivity index is 2.95. The van der Waals surface area contributed by atoms with Crippen LogP contribution in [-0.2, 0) is 4.74 Å². The first-order chi connectivity index (χ1) is 6.15. The molecular formula is C9H8IO2Si. The maximum absolute atomic E-state index is 11.3. The average molecular weight is 303 g/mol. The predicted octanol–water partition coefficient (Wildman–Crippen LogP) is 1.88. The molecule has 0 saturated carbocycles. The fourth-order valence-electron chi connectivity index (χ4n) is 0.999. The normalized spacial score (nSPS) is 9.77. The molecule has 0 aliphatic heterocycles. The van der Waals surface area contributed by atoms with E-state index >= 15 is 0 Å². The molecular weight excluding hydrogens is 295 g/mol. The Kier molecular flexibility index (Phi) is 3.92. The summed E-state index contributed by atoms with van der Waals surface area (Å²) in [6, 6.07) is 5.62. The second kappa shape index (κ2) is 4.76. The molecule has 4 heteroatoms. The van der Waals surface area contributed by atoms with Crippen LogP contribution in [0, 0.1) is 10.5 Å². The van der Waals surface area contributed by atoms with E-state index in [0.717, 1.165) is 9.13 Å². The van der Waals surface area contributed by atoms with Gasteiger partial charge >= 0.3 is 5.97 Å². The number of carbonyl (C=O) groups excluding carboxylic acids is 1. The molecule has 1 rings (SSSR count). The van der Waals surface area contributed by atoms with Gasteiger partial charge in [0.1, 0.15) is 0 Å². The molecule has 0 aromatic heterocycles. The maximum atomic E-state index is 11.3. The number of rotatable bonds is 2. The van der Waals surface area contributed by atoms with Crippen LogP contribution in [0.4, 0.5) is 0 Å². The van der Waals surface area contributed by atoms with Crippen molar-refractivity contribution in [2.75, 3.05) is 6.23 Å². The number of hydrogen-bond acceptors (Lipinski definition) is 2. The molecule has 2 nitrogen and oxygen atoms in total. The van der Waals surface area contributed by atoms with Gasteiger partial charge in [-0.05, 0) is 53.3 Å². The summed E-state index contributed by atoms with van der Waals surface area (Å²) in [5, 5.41) is 0. The molecule has 67 valence electrons. The summed E-state index contributed by atoms with van der Waals surface area (Å²) in [4.78, 5) is 11.3. The van der Waals surface area contributed by atoms with Crippen LogP contribution in [0.1, 0.15) is 15.9 Å². The summed E-state index contributed by atoms with van der Waals surface area (Å²) < 4.78 is 5.94. The summed E-state index contributed by atoms with van der Waals surface area (Å²) in [6.45, 7) is 1.90. The van der Waals surface area contributed by atoms with E-state index in [-0.39, 0.29) is 12.2 Å². The largest absolute Gasteiger partial charge is 0.467 e. The van der Waals surface area contributed by atoms with E-state index in [1.165, 1.54) is 0 Å². The molecule has 0 saturated heterocycles. The van der Waals surface area contributed by atoms with Crippen molar-refractivity contribution < 1.29 is 9.53 Å². The number of carbonyl (C=O) groups is 1. The van der Waals surface area contributed by atoms with E-state index in [0.29, 0.717) is 5.56 Å². The second-order valence-corrected chi connectivity index (χ2v) is 4.07. The summed E-state index contributed by atoms with van der Waals surface area (Å²) >= 11 is 2.21. The van der Waals surface area contributed by atoms with Crippen LogP contribution in [-0.4, -0.2) is 22.4 Å². The van der Waals surface area contributed by atoms with Crippen LogP contribution in [0.5, 0.6) is 0 Å². The van der Waals surface area contributed by atoms with Gasteiger partial charge in [0.2, 0.25) is 0 Å². The molecule has 13 heavy (non-hydrogen) atoms. The molecule has 0 aliphatic rings. The van der Waals surface area contributed by atoms with E-state index < -0.39 is 0 Å². The lowest BCUT2D eigenvalue weighted by atomic mass is 10.1. The molecule has 0 spiro atoms. The minimum Gasteiger partial charge on any atom is -0.467 e. The Morgan fingerprint density at radius 2 is 2.31 bits per heavy atom. The average Bonchev–Trinajstić information content (AvgIpc) is 2.04. The summed E-state index contributed by atoms with van der Waals surface area (Å²) in [5.74, 6) is -0.288. The van der Waals surface area contributed by atoms with Gasteiger partial charge < -0.3 is 4.74 Å². The van der Waals surface area contributed by atoms with Crippen molar-refractivity contribution >= 4 is 38.8 Å². The van der Waals surface area contributed by atoms with Gasteiger partial charge in [-0.25, -0.2) is 4.79 Å². The molecule has 0 atom stereocenters. The fraction of sp³-hybridized carbons (Fsp3) is 0.222. The zero-order valence-electron chi connectivity index (χ0n) is 7.13. The molecule has 0 heterocycles. The van der Waals surface area contributed by atoms with Crippen LogP contribution in [0.25, 0.3) is 0 Å². The van der Waals surface area contributed by atoms with E-state index in [4.69, 9.17) is 4.74 Å². The standard InChI is InChI=1S/C9H8IO2Si/c1-6-4-7(10)2-3-8(6)9(11)12-5-13/h2-4H,5H2,1H3. The van der Waals surface area contributed by atoms with Gasteiger partial charge in [0.25, 0.3) is 0 Å². The van der Waals surface area contributed by atoms with Crippen LogP contribution in [0.15, 0.2) is 18.2 Å². The molecule has 3 radical (unpaired) electrons. The van der Waals surface area contributed by atoms with E-state index in [1.54, 1.807) is 6.07 Å². The highest BCUT2D eigenvalue weighted by Gasteiger charge is 2.08. The molecule has 0 fully saturated rings. The van der Waals surface area contributed by atoms with Crippen LogP contribution >= 0.6 is 22.6 Å². The molecule has 1 aromatic rings. The lowest BCUT2D eigenvalue weighted by Crippen LogP contribution is -2.07. The minimum absolute atomic E-state index is 0.226. The third-order valence-corrected chi connectivity index (χ3v) is 2.43. The van der Waals surface area contributed by atoms with Crippen molar-refractivity contribution in [3.8, 4) is 0 Å². The van der Waals surface area contributed by atoms with Crippen LogP contribution in [0.3, 0.4) is 0 Å². The number of halogens is 1. The predicted molar refractivity (Wildman–Crippen MR) is 59.9 cm³/mol. The molecule has 0 unspecified atom stereocenters. The smallest absolute Gasteiger partial charge is 0.338 e. The number of ether oxygens (including phenoxy) is 1. The Bertz CT molecular complexity index is 325. The van der Waals surface area contributed by atoms with Gasteiger partial charge in [-0.15, -0.1) is 0 Å². The third-order valence-electron chi connectivity index (χ3n) is 1.61. The third kappa shape index (κ3) is 2.80. The second-order valence-electron chi connectivity index (χ2n) is 2.54. The summed E-state index contributed by atoms with van der Waals surface area (Å²) in [5.41, 5.74) is 1.57. The van der Waals surface area contributed by atoms with Crippen molar-refractivity contribution in [3.05, 3.63) is 32.9 Å². The Morgan fingerprint density at radius 1 is 1.62 bits per heavy atom. The zero-order chi connectivity index (χ0) is 9.84. The molecule has 0 amide bonds. The van der Waals surface area contributed by atoms with E-state index in [9.17, 15) is 4.79 Å². The number of hydrogen-bond donors (Lipinski definition) is 0. The van der Waals surface area contributed by atoms with Crippen molar-refractivity contribution in [3.63, 3.8) is 0 Å². The monoisotopic (exact) mass is 303 g/mol. The van der Waals surface area contributed by atoms with Crippen molar-refractivity contribution in [2.45, 2.75) is 6.92 Å². The highest BCUT2D eigenvalue weighted by Crippen LogP contribution is 2.13. The highest BCUT2D eigenvalue weighted by molar-refractivity contribution is 14.1. The molecule has 0 bridgehead atoms. The molecule has 0 aliphatic carbocycles. The summed E-state index contributed by atoms with van der Waals surface area (Å²) in [6.07, 6.45) is 0.226. The maximum Gasteiger partial charge on any atom is 0.338 e. The van der Waals surface area contributed by atoms with Gasteiger partial charge in [0.15, 0.2) is 0 Å². The Labute approximate surface area is 94.2 Å². The van der Waals surface area contributed by atoms with E-state index in [1.807, 2.05) is 19.1 Å². The topological polar surface area (TPSA) is 26.3 Å². The molecule has 0 N–H and O–H groups in total. The Hall–Kier alpha value is -0.363. The van der Waals surface area contributed by atoms with Crippen LogP contribution < -0.4 is 0 Å². The van der Waals surface area contributed by atoms with Gasteiger partial charge in [-0.2, -0.15) is 0 Å². The fourth-order valence-corrected chi connectivity index (χ4v) is 1.78. The lowest BCUT2D eigenvalue weighted by Gasteiger charge is -2.04. The van der Waals surface area contributed by atoms with Gasteiger partial charge in [0, 0.05) is 3.57 Å². The van der Waals surface area contributed by atoms with Gasteiger partial charge in [-0.3, -0.25) is 0 Å². The van der Waals surface area contributed by atoms with Gasteiger partial charge in [-0.1, -0.05) is 0 Å². The lowest BCUT2D eigenvalue weighted by molar-refractivity contribution is 0.0573. The zero-order valence-corrected chi connectivity index (χ0v) is 10.3. The number of aryl methyl sites for hydroxylation is 1. The minimum atomic E-state index is -0.288. The summed E-state index contributed by atoms with van der Waals surface area (Å²) in [7, 11) is 3.09. The number of benzene rings is 1.